The van der Waals surface area contributed by atoms with Crippen molar-refractivity contribution in [2.75, 3.05) is 33.9 Å². The summed E-state index contributed by atoms with van der Waals surface area (Å²) in [4.78, 5) is 13.9. The Morgan fingerprint density at radius 3 is 2.82 bits per heavy atom. The second-order valence-electron chi connectivity index (χ2n) is 5.77. The van der Waals surface area contributed by atoms with Gasteiger partial charge in [0.05, 0.1) is 26.2 Å². The van der Waals surface area contributed by atoms with Gasteiger partial charge >= 0.3 is 5.97 Å². The molecule has 5 nitrogen and oxygen atoms in total. The first kappa shape index (κ1) is 17.1. The van der Waals surface area contributed by atoms with Gasteiger partial charge in [0.1, 0.15) is 5.75 Å². The highest BCUT2D eigenvalue weighted by Gasteiger charge is 2.43. The fourth-order valence-electron chi connectivity index (χ4n) is 3.28. The van der Waals surface area contributed by atoms with Crippen LogP contribution in [-0.4, -0.2) is 44.8 Å². The van der Waals surface area contributed by atoms with Crippen molar-refractivity contribution in [2.24, 2.45) is 11.8 Å². The van der Waals surface area contributed by atoms with E-state index < -0.39 is 0 Å². The van der Waals surface area contributed by atoms with E-state index in [-0.39, 0.29) is 24.3 Å². The first-order valence-electron chi connectivity index (χ1n) is 7.25. The third-order valence-electron chi connectivity index (χ3n) is 4.31. The molecule has 6 heteroatoms. The number of carbonyl (C=O) groups excluding carboxylic acids is 1. The van der Waals surface area contributed by atoms with Crippen LogP contribution in [0, 0.1) is 11.8 Å². The molecule has 1 aromatic rings. The van der Waals surface area contributed by atoms with Crippen molar-refractivity contribution >= 4 is 18.4 Å². The maximum atomic E-state index is 11.6. The third kappa shape index (κ3) is 3.37. The summed E-state index contributed by atoms with van der Waals surface area (Å²) in [5.41, 5.74) is 2.27. The van der Waals surface area contributed by atoms with Crippen molar-refractivity contribution in [1.29, 1.82) is 0 Å². The molecule has 0 N–H and O–H groups in total. The second-order valence-corrected chi connectivity index (χ2v) is 5.77. The van der Waals surface area contributed by atoms with Gasteiger partial charge in [0.2, 0.25) is 0 Å². The van der Waals surface area contributed by atoms with E-state index in [1.165, 1.54) is 5.56 Å². The van der Waals surface area contributed by atoms with Crippen molar-refractivity contribution in [1.82, 2.24) is 4.90 Å². The van der Waals surface area contributed by atoms with Crippen molar-refractivity contribution in [2.45, 2.75) is 13.2 Å². The zero-order chi connectivity index (χ0) is 14.8. The van der Waals surface area contributed by atoms with Crippen LogP contribution >= 0.6 is 12.4 Å². The number of rotatable bonds is 5. The Labute approximate surface area is 136 Å². The Balaban J connectivity index is 0.00000176. The van der Waals surface area contributed by atoms with E-state index in [0.29, 0.717) is 19.1 Å². The minimum absolute atomic E-state index is 0. The quantitative estimate of drug-likeness (QED) is 0.773. The number of halogens is 1. The van der Waals surface area contributed by atoms with Crippen LogP contribution in [0.15, 0.2) is 18.2 Å². The van der Waals surface area contributed by atoms with Gasteiger partial charge in [0, 0.05) is 38.2 Å². The fourth-order valence-corrected chi connectivity index (χ4v) is 3.28. The molecule has 2 heterocycles. The summed E-state index contributed by atoms with van der Waals surface area (Å²) in [5, 5.41) is 0. The van der Waals surface area contributed by atoms with E-state index in [9.17, 15) is 4.79 Å². The number of nitrogens with zero attached hydrogens (tertiary/aromatic N) is 1. The van der Waals surface area contributed by atoms with Crippen LogP contribution in [-0.2, 0) is 27.4 Å². The van der Waals surface area contributed by atoms with Gasteiger partial charge in [-0.05, 0) is 17.7 Å². The molecule has 1 aromatic carbocycles. The summed E-state index contributed by atoms with van der Waals surface area (Å²) in [5.74, 6) is 1.26. The summed E-state index contributed by atoms with van der Waals surface area (Å²) >= 11 is 0. The van der Waals surface area contributed by atoms with Gasteiger partial charge in [-0.25, -0.2) is 0 Å². The number of benzene rings is 1. The van der Waals surface area contributed by atoms with Crippen molar-refractivity contribution in [3.8, 4) is 5.75 Å². The fraction of sp³-hybridized carbons (Fsp3) is 0.562. The highest BCUT2D eigenvalue weighted by molar-refractivity contribution is 5.85. The van der Waals surface area contributed by atoms with E-state index in [0.717, 1.165) is 30.9 Å². The zero-order valence-electron chi connectivity index (χ0n) is 12.9. The summed E-state index contributed by atoms with van der Waals surface area (Å²) < 4.78 is 15.7. The van der Waals surface area contributed by atoms with Crippen LogP contribution in [0.1, 0.15) is 11.1 Å². The molecule has 0 amide bonds. The number of likely N-dealkylation sites (tertiary alicyclic amines) is 1. The molecule has 22 heavy (non-hydrogen) atoms. The molecule has 0 unspecified atom stereocenters. The summed E-state index contributed by atoms with van der Waals surface area (Å²) in [6.45, 7) is 3.70. The number of hydrogen-bond acceptors (Lipinski definition) is 5. The van der Waals surface area contributed by atoms with E-state index in [1.54, 1.807) is 14.2 Å². The molecule has 2 aliphatic rings. The molecular weight excluding hydrogens is 306 g/mol. The third-order valence-corrected chi connectivity index (χ3v) is 4.31. The average molecular weight is 328 g/mol. The number of methoxy groups -OCH3 is 2. The van der Waals surface area contributed by atoms with Crippen molar-refractivity contribution in [3.05, 3.63) is 29.3 Å². The van der Waals surface area contributed by atoms with E-state index in [1.807, 2.05) is 6.07 Å². The topological polar surface area (TPSA) is 48.0 Å². The Hall–Kier alpha value is -1.30. The molecule has 0 saturated carbocycles. The van der Waals surface area contributed by atoms with Gasteiger partial charge in [-0.2, -0.15) is 0 Å². The molecule has 0 bridgehead atoms. The molecule has 122 valence electrons. The molecule has 0 aliphatic carbocycles. The van der Waals surface area contributed by atoms with Gasteiger partial charge in [0.15, 0.2) is 0 Å². The zero-order valence-corrected chi connectivity index (χ0v) is 13.7. The first-order valence-corrected chi connectivity index (χ1v) is 7.25. The molecule has 2 aliphatic heterocycles. The average Bonchev–Trinajstić information content (AvgIpc) is 3.02. The maximum absolute atomic E-state index is 11.6. The second kappa shape index (κ2) is 7.31. The minimum atomic E-state index is -0.0303. The standard InChI is InChI=1S/C16H21NO4.ClH/c1-19-9-12-5-11(3-4-15(12)20-2)6-17-7-13-10-21-16(18)14(13)8-17;/h3-5,13-14H,6-10H2,1-2H3;1H/t13-,14-;/m1./s1. The number of hydrogen-bond donors (Lipinski definition) is 0. The van der Waals surface area contributed by atoms with Crippen LogP contribution in [0.4, 0.5) is 0 Å². The number of cyclic esters (lactones) is 1. The van der Waals surface area contributed by atoms with Gasteiger partial charge in [-0.1, -0.05) is 6.07 Å². The van der Waals surface area contributed by atoms with Crippen LogP contribution < -0.4 is 4.74 Å². The lowest BCUT2D eigenvalue weighted by Gasteiger charge is -2.18. The molecule has 2 fully saturated rings. The molecule has 0 aromatic heterocycles. The summed E-state index contributed by atoms with van der Waals surface area (Å²) in [7, 11) is 3.35. The highest BCUT2D eigenvalue weighted by atomic mass is 35.5. The predicted molar refractivity (Wildman–Crippen MR) is 84.2 cm³/mol. The Kier molecular flexibility index (Phi) is 5.67. The largest absolute Gasteiger partial charge is 0.496 e. The van der Waals surface area contributed by atoms with Crippen LogP contribution in [0.3, 0.4) is 0 Å². The van der Waals surface area contributed by atoms with Crippen LogP contribution in [0.2, 0.25) is 0 Å². The SMILES string of the molecule is COCc1cc(CN2C[C@@H]3COC(=O)[C@@H]3C2)ccc1OC.Cl. The van der Waals surface area contributed by atoms with Crippen LogP contribution in [0.5, 0.6) is 5.75 Å². The van der Waals surface area contributed by atoms with Crippen LogP contribution in [0.25, 0.3) is 0 Å². The maximum Gasteiger partial charge on any atom is 0.310 e. The number of ether oxygens (including phenoxy) is 3. The normalized spacial score (nSPS) is 23.8. The van der Waals surface area contributed by atoms with Crippen molar-refractivity contribution < 1.29 is 19.0 Å². The van der Waals surface area contributed by atoms with Gasteiger partial charge in [-0.3, -0.25) is 9.69 Å². The molecule has 2 atom stereocenters. The van der Waals surface area contributed by atoms with Gasteiger partial charge < -0.3 is 14.2 Å². The Morgan fingerprint density at radius 2 is 2.14 bits per heavy atom. The minimum Gasteiger partial charge on any atom is -0.496 e. The first-order chi connectivity index (χ1) is 10.2. The molecule has 3 rings (SSSR count). The summed E-state index contributed by atoms with van der Waals surface area (Å²) in [6.07, 6.45) is 0. The lowest BCUT2D eigenvalue weighted by Crippen LogP contribution is -2.23. The smallest absolute Gasteiger partial charge is 0.310 e. The number of fused-ring (bicyclic) bond motifs is 1. The molecule has 2 saturated heterocycles. The lowest BCUT2D eigenvalue weighted by molar-refractivity contribution is -0.141. The van der Waals surface area contributed by atoms with E-state index >= 15 is 0 Å². The summed E-state index contributed by atoms with van der Waals surface area (Å²) in [6, 6.07) is 6.17. The monoisotopic (exact) mass is 327 g/mol. The van der Waals surface area contributed by atoms with Crippen molar-refractivity contribution in [3.63, 3.8) is 0 Å². The predicted octanol–water partition coefficient (Wildman–Crippen LogP) is 1.87. The number of esters is 1. The lowest BCUT2D eigenvalue weighted by atomic mass is 10.0. The molecule has 0 radical (unpaired) electrons. The van der Waals surface area contributed by atoms with Gasteiger partial charge in [0.25, 0.3) is 0 Å². The highest BCUT2D eigenvalue weighted by Crippen LogP contribution is 2.31. The van der Waals surface area contributed by atoms with E-state index in [4.69, 9.17) is 14.2 Å². The van der Waals surface area contributed by atoms with E-state index in [2.05, 4.69) is 17.0 Å². The Bertz CT molecular complexity index is 537. The molecular formula is C16H22ClNO4. The van der Waals surface area contributed by atoms with Gasteiger partial charge in [-0.15, -0.1) is 12.4 Å². The number of carbonyl (C=O) groups is 1. The molecule has 0 spiro atoms. The Morgan fingerprint density at radius 1 is 1.32 bits per heavy atom.